The predicted octanol–water partition coefficient (Wildman–Crippen LogP) is 3.55. The van der Waals surface area contributed by atoms with E-state index in [1.807, 2.05) is 0 Å². The molecule has 1 aromatic heterocycles. The van der Waals surface area contributed by atoms with E-state index in [4.69, 9.17) is 4.74 Å². The number of likely N-dealkylation sites (tertiary alicyclic amines) is 1. The maximum atomic E-state index is 15.1. The van der Waals surface area contributed by atoms with Gasteiger partial charge in [0.1, 0.15) is 17.3 Å². The molecule has 40 heavy (non-hydrogen) atoms. The Labute approximate surface area is 230 Å². The molecule has 2 fully saturated rings. The maximum absolute atomic E-state index is 15.1. The summed E-state index contributed by atoms with van der Waals surface area (Å²) in [5, 5.41) is 5.74. The van der Waals surface area contributed by atoms with Crippen molar-refractivity contribution in [3.05, 3.63) is 29.7 Å². The van der Waals surface area contributed by atoms with Gasteiger partial charge in [-0.3, -0.25) is 14.5 Å². The first-order valence-corrected chi connectivity index (χ1v) is 13.5. The molecular formula is C27H34F3N7O3. The molecule has 1 aliphatic carbocycles. The molecule has 2 N–H and O–H groups in total. The first-order valence-electron chi connectivity index (χ1n) is 13.5. The van der Waals surface area contributed by atoms with E-state index >= 15 is 4.39 Å². The molecule has 2 aromatic rings. The summed E-state index contributed by atoms with van der Waals surface area (Å²) in [6, 6.07) is 2.52. The van der Waals surface area contributed by atoms with Gasteiger partial charge >= 0.3 is 5.92 Å². The van der Waals surface area contributed by atoms with Crippen LogP contribution in [0.2, 0.25) is 0 Å². The Bertz CT molecular complexity index is 1300. The second kappa shape index (κ2) is 10.8. The van der Waals surface area contributed by atoms with Crippen LogP contribution < -0.4 is 25.2 Å². The predicted molar refractivity (Wildman–Crippen MR) is 144 cm³/mol. The zero-order valence-electron chi connectivity index (χ0n) is 23.0. The van der Waals surface area contributed by atoms with Crippen molar-refractivity contribution in [2.75, 3.05) is 48.9 Å². The van der Waals surface area contributed by atoms with Crippen LogP contribution in [0.15, 0.2) is 18.3 Å². The minimum absolute atomic E-state index is 0.00552. The van der Waals surface area contributed by atoms with E-state index in [0.717, 1.165) is 23.8 Å². The lowest BCUT2D eigenvalue weighted by Gasteiger charge is -2.42. The van der Waals surface area contributed by atoms with Gasteiger partial charge in [0.15, 0.2) is 5.82 Å². The third-order valence-electron chi connectivity index (χ3n) is 7.89. The topological polar surface area (TPSA) is 103 Å². The van der Waals surface area contributed by atoms with Crippen molar-refractivity contribution in [3.63, 3.8) is 0 Å². The quantitative estimate of drug-likeness (QED) is 0.529. The highest BCUT2D eigenvalue weighted by atomic mass is 19.3. The molecular weight excluding hydrogens is 527 g/mol. The van der Waals surface area contributed by atoms with E-state index in [2.05, 4.69) is 39.3 Å². The number of ether oxygens (including phenoxy) is 1. The molecule has 0 unspecified atom stereocenters. The summed E-state index contributed by atoms with van der Waals surface area (Å²) in [5.74, 6) is -5.86. The molecule has 0 bridgehead atoms. The van der Waals surface area contributed by atoms with Crippen LogP contribution in [0.25, 0.3) is 0 Å². The summed E-state index contributed by atoms with van der Waals surface area (Å²) in [4.78, 5) is 38.5. The van der Waals surface area contributed by atoms with Crippen LogP contribution in [-0.2, 0) is 4.79 Å². The van der Waals surface area contributed by atoms with Crippen LogP contribution in [0.5, 0.6) is 5.75 Å². The summed E-state index contributed by atoms with van der Waals surface area (Å²) >= 11 is 0. The van der Waals surface area contributed by atoms with Crippen LogP contribution in [0.3, 0.4) is 0 Å². The van der Waals surface area contributed by atoms with E-state index in [1.54, 1.807) is 0 Å². The van der Waals surface area contributed by atoms with E-state index in [-0.39, 0.29) is 46.5 Å². The number of rotatable bonds is 7. The lowest BCUT2D eigenvalue weighted by atomic mass is 10.1. The molecule has 0 spiro atoms. The van der Waals surface area contributed by atoms with Crippen molar-refractivity contribution in [1.82, 2.24) is 20.2 Å². The number of nitrogens with one attached hydrogen (secondary N) is 2. The largest absolute Gasteiger partial charge is 0.495 e. The van der Waals surface area contributed by atoms with Crippen molar-refractivity contribution < 1.29 is 27.5 Å². The number of carbonyl (C=O) groups is 2. The molecule has 1 saturated carbocycles. The fourth-order valence-electron chi connectivity index (χ4n) is 5.51. The first-order chi connectivity index (χ1) is 19.0. The van der Waals surface area contributed by atoms with Crippen molar-refractivity contribution in [2.45, 2.75) is 63.6 Å². The second-order valence-electron chi connectivity index (χ2n) is 10.9. The minimum Gasteiger partial charge on any atom is -0.495 e. The molecule has 5 rings (SSSR count). The fourth-order valence-corrected chi connectivity index (χ4v) is 5.51. The highest BCUT2D eigenvalue weighted by Gasteiger charge is 2.48. The number of aromatic nitrogens is 2. The van der Waals surface area contributed by atoms with Crippen molar-refractivity contribution >= 4 is 35.0 Å². The SMILES string of the molecule is COc1cc(C(=O)NC2CN(C(C)C)C2)c(F)cc1Nc1ncc2c(n1)N(C1CCCC1)CC(F)(F)C(=O)N2C. The highest BCUT2D eigenvalue weighted by Crippen LogP contribution is 2.40. The molecule has 2 aliphatic heterocycles. The van der Waals surface area contributed by atoms with E-state index in [9.17, 15) is 18.4 Å². The lowest BCUT2D eigenvalue weighted by molar-refractivity contribution is -0.140. The van der Waals surface area contributed by atoms with Gasteiger partial charge in [0.2, 0.25) is 5.95 Å². The van der Waals surface area contributed by atoms with Gasteiger partial charge in [0.05, 0.1) is 37.1 Å². The number of carbonyl (C=O) groups excluding carboxylic acids is 2. The number of hydrogen-bond donors (Lipinski definition) is 2. The molecule has 1 saturated heterocycles. The smallest absolute Gasteiger partial charge is 0.342 e. The number of benzene rings is 1. The lowest BCUT2D eigenvalue weighted by Crippen LogP contribution is -2.61. The first kappa shape index (κ1) is 27.9. The van der Waals surface area contributed by atoms with E-state index < -0.39 is 30.1 Å². The highest BCUT2D eigenvalue weighted by molar-refractivity contribution is 6.02. The Morgan fingerprint density at radius 1 is 1.20 bits per heavy atom. The van der Waals surface area contributed by atoms with Gasteiger partial charge < -0.3 is 25.2 Å². The van der Waals surface area contributed by atoms with Crippen LogP contribution in [0, 0.1) is 5.82 Å². The number of fused-ring (bicyclic) bond motifs is 1. The molecule has 10 nitrogen and oxygen atoms in total. The zero-order valence-corrected chi connectivity index (χ0v) is 23.0. The number of amides is 2. The van der Waals surface area contributed by atoms with Crippen molar-refractivity contribution in [3.8, 4) is 5.75 Å². The summed E-state index contributed by atoms with van der Waals surface area (Å²) in [6.07, 6.45) is 4.51. The second-order valence-corrected chi connectivity index (χ2v) is 10.9. The molecule has 1 aromatic carbocycles. The van der Waals surface area contributed by atoms with Gasteiger partial charge in [-0.2, -0.15) is 13.8 Å². The van der Waals surface area contributed by atoms with E-state index in [0.29, 0.717) is 32.0 Å². The monoisotopic (exact) mass is 561 g/mol. The Kier molecular flexibility index (Phi) is 7.51. The van der Waals surface area contributed by atoms with Crippen molar-refractivity contribution in [1.29, 1.82) is 0 Å². The van der Waals surface area contributed by atoms with Crippen molar-refractivity contribution in [2.24, 2.45) is 0 Å². The molecule has 0 atom stereocenters. The third-order valence-corrected chi connectivity index (χ3v) is 7.89. The summed E-state index contributed by atoms with van der Waals surface area (Å²) < 4.78 is 50.2. The van der Waals surface area contributed by atoms with Gasteiger partial charge in [0, 0.05) is 38.3 Å². The molecule has 216 valence electrons. The van der Waals surface area contributed by atoms with Crippen LogP contribution in [-0.4, -0.2) is 84.5 Å². The number of alkyl halides is 2. The van der Waals surface area contributed by atoms with Crippen LogP contribution in [0.1, 0.15) is 49.9 Å². The van der Waals surface area contributed by atoms with Gasteiger partial charge in [-0.25, -0.2) is 9.37 Å². The zero-order chi connectivity index (χ0) is 28.8. The normalized spacial score (nSPS) is 19.9. The molecule has 2 amide bonds. The van der Waals surface area contributed by atoms with Crippen LogP contribution in [0.4, 0.5) is 36.3 Å². The van der Waals surface area contributed by atoms with Gasteiger partial charge in [-0.15, -0.1) is 0 Å². The molecule has 3 aliphatic rings. The maximum Gasteiger partial charge on any atom is 0.342 e. The van der Waals surface area contributed by atoms with Gasteiger partial charge in [-0.1, -0.05) is 12.8 Å². The minimum atomic E-state index is -3.60. The average Bonchev–Trinajstić information content (AvgIpc) is 3.41. The van der Waals surface area contributed by atoms with E-state index in [1.165, 1.54) is 31.3 Å². The van der Waals surface area contributed by atoms with Gasteiger partial charge in [-0.05, 0) is 32.8 Å². The number of methoxy groups -OCH3 is 1. The number of hydrogen-bond acceptors (Lipinski definition) is 8. The summed E-state index contributed by atoms with van der Waals surface area (Å²) in [5.41, 5.74) is 0.154. The molecule has 3 heterocycles. The molecule has 13 heteroatoms. The third kappa shape index (κ3) is 5.26. The Balaban J connectivity index is 1.41. The molecule has 0 radical (unpaired) electrons. The summed E-state index contributed by atoms with van der Waals surface area (Å²) in [7, 11) is 2.66. The number of anilines is 4. The van der Waals surface area contributed by atoms with Crippen LogP contribution >= 0.6 is 0 Å². The summed E-state index contributed by atoms with van der Waals surface area (Å²) in [6.45, 7) is 4.74. The Hall–Kier alpha value is -3.61. The standard InChI is InChI=1S/C27H34F3N7O3/c1-15(2)36-12-16(13-36)32-24(38)18-9-22(40-4)20(10-19(18)28)33-26-31-11-21-23(34-26)37(17-7-5-6-8-17)14-27(29,30)25(39)35(21)3/h9-11,15-17H,5-8,12-14H2,1-4H3,(H,32,38)(H,31,33,34). The number of nitrogens with zero attached hydrogens (tertiary/aromatic N) is 5. The van der Waals surface area contributed by atoms with Gasteiger partial charge in [0.25, 0.3) is 11.8 Å². The average molecular weight is 562 g/mol. The fraction of sp³-hybridized carbons (Fsp3) is 0.556. The Morgan fingerprint density at radius 2 is 1.90 bits per heavy atom. The number of halogens is 3. The Morgan fingerprint density at radius 3 is 2.55 bits per heavy atom.